The zero-order chi connectivity index (χ0) is 9.03. The molecule has 66 valence electrons. The first-order chi connectivity index (χ1) is 5.58. The summed E-state index contributed by atoms with van der Waals surface area (Å²) in [4.78, 5) is 0. The van der Waals surface area contributed by atoms with Gasteiger partial charge in [0.1, 0.15) is 0 Å². The summed E-state index contributed by atoms with van der Waals surface area (Å²) in [6, 6.07) is 10.7. The molecule has 1 aromatic rings. The first-order valence-electron chi connectivity index (χ1n) is 4.52. The largest absolute Gasteiger partial charge is 0.409 e. The molecule has 0 unspecified atom stereocenters. The Bertz CT molecular complexity index is 225. The fourth-order valence-electron chi connectivity index (χ4n) is 0.920. The molecule has 12 heavy (non-hydrogen) atoms. The van der Waals surface area contributed by atoms with Gasteiger partial charge in [-0.3, -0.25) is 0 Å². The summed E-state index contributed by atoms with van der Waals surface area (Å²) in [6.45, 7) is 0. The molecule has 0 spiro atoms. The van der Waals surface area contributed by atoms with Crippen LogP contribution in [0, 0.1) is 0 Å². The highest BCUT2D eigenvalue weighted by atomic mass is 32.3. The highest BCUT2D eigenvalue weighted by Gasteiger charge is 2.09. The Morgan fingerprint density at radius 2 is 1.67 bits per heavy atom. The Labute approximate surface area is 81.1 Å². The summed E-state index contributed by atoms with van der Waals surface area (Å²) < 4.78 is 0. The van der Waals surface area contributed by atoms with Gasteiger partial charge < -0.3 is 10.1 Å². The van der Waals surface area contributed by atoms with Crippen LogP contribution in [0.1, 0.15) is 5.56 Å². The van der Waals surface area contributed by atoms with Gasteiger partial charge in [-0.05, 0) is 11.3 Å². The zero-order valence-electron chi connectivity index (χ0n) is 8.08. The smallest absolute Gasteiger partial charge is 0.196 e. The molecule has 0 aromatic heterocycles. The molecule has 0 aliphatic heterocycles. The molecule has 0 heterocycles. The lowest BCUT2D eigenvalue weighted by Gasteiger charge is -2.20. The quantitative estimate of drug-likeness (QED) is 0.662. The number of hydrogen-bond donors (Lipinski definition) is 0. The molecule has 0 radical (unpaired) electrons. The van der Waals surface area contributed by atoms with Gasteiger partial charge in [-0.2, -0.15) is 17.4 Å². The molecule has 0 N–H and O–H groups in total. The van der Waals surface area contributed by atoms with E-state index in [1.54, 1.807) is 0 Å². The Hall–Kier alpha value is 0.102. The molecule has 1 rings (SSSR count). The van der Waals surface area contributed by atoms with Crippen molar-refractivity contribution in [2.45, 2.75) is 23.1 Å². The fraction of sp³-hybridized carbons (Fsp3) is 0.400. The van der Waals surface area contributed by atoms with E-state index in [2.05, 4.69) is 57.8 Å². The minimum Gasteiger partial charge on any atom is -0.409 e. The summed E-state index contributed by atoms with van der Waals surface area (Å²) in [5.74, 6) is 8.44. The van der Waals surface area contributed by atoms with E-state index < -0.39 is 11.9 Å². The molecule has 1 aromatic carbocycles. The van der Waals surface area contributed by atoms with E-state index in [1.165, 1.54) is 11.3 Å². The predicted octanol–water partition coefficient (Wildman–Crippen LogP) is 3.75. The average Bonchev–Trinajstić information content (AvgIpc) is 2.02. The minimum absolute atomic E-state index is 1.18. The van der Waals surface area contributed by atoms with E-state index in [-0.39, 0.29) is 0 Å². The summed E-state index contributed by atoms with van der Waals surface area (Å²) in [5.41, 5.74) is 1.46. The first kappa shape index (κ1) is 10.2. The van der Waals surface area contributed by atoms with E-state index in [0.29, 0.717) is 0 Å². The SMILES string of the molecule is [CH3][Al-]([CH3])([CH3])[S]Cc1ccccc1. The van der Waals surface area contributed by atoms with Crippen LogP contribution >= 0.6 is 10.1 Å². The standard InChI is InChI=1S/C7H8S.3CH3.Al/c8-6-7-4-2-1-3-5-7;;;;/h1-5,8H,6H2;3*1H3;/p-1. The Morgan fingerprint density at radius 3 is 2.17 bits per heavy atom. The van der Waals surface area contributed by atoms with Crippen molar-refractivity contribution in [3.8, 4) is 0 Å². The van der Waals surface area contributed by atoms with Gasteiger partial charge in [0.2, 0.25) is 0 Å². The highest BCUT2D eigenvalue weighted by Crippen LogP contribution is 2.23. The first-order valence-corrected chi connectivity index (χ1v) is 10.4. The summed E-state index contributed by atoms with van der Waals surface area (Å²) in [7, 11) is 2.15. The van der Waals surface area contributed by atoms with Crippen molar-refractivity contribution in [2.75, 3.05) is 0 Å². The zero-order valence-corrected chi connectivity index (χ0v) is 10.1. The second-order valence-corrected chi connectivity index (χ2v) is 15.0. The molecular formula is C10H16AlS-. The predicted molar refractivity (Wildman–Crippen MR) is 61.1 cm³/mol. The summed E-state index contributed by atoms with van der Waals surface area (Å²) in [5, 5.41) is 0. The van der Waals surface area contributed by atoms with Gasteiger partial charge in [0.15, 0.2) is 11.9 Å². The Balaban J connectivity index is 2.44. The average molecular weight is 195 g/mol. The third-order valence-electron chi connectivity index (χ3n) is 1.59. The second kappa shape index (κ2) is 4.37. The van der Waals surface area contributed by atoms with Crippen LogP contribution in [0.2, 0.25) is 17.4 Å². The Kier molecular flexibility index (Phi) is 3.71. The van der Waals surface area contributed by atoms with Gasteiger partial charge >= 0.3 is 0 Å². The van der Waals surface area contributed by atoms with Gasteiger partial charge in [0, 0.05) is 0 Å². The van der Waals surface area contributed by atoms with Crippen LogP contribution in [0.15, 0.2) is 30.3 Å². The van der Waals surface area contributed by atoms with Gasteiger partial charge in [0.05, 0.1) is 0 Å². The lowest BCUT2D eigenvalue weighted by molar-refractivity contribution is 1.42. The monoisotopic (exact) mass is 195 g/mol. The van der Waals surface area contributed by atoms with E-state index in [0.717, 1.165) is 0 Å². The third kappa shape index (κ3) is 4.21. The molecule has 0 aliphatic carbocycles. The van der Waals surface area contributed by atoms with Crippen molar-refractivity contribution in [3.05, 3.63) is 35.9 Å². The molecular weight excluding hydrogens is 179 g/mol. The summed E-state index contributed by atoms with van der Waals surface area (Å²) in [6.07, 6.45) is 0. The highest BCUT2D eigenvalue weighted by molar-refractivity contribution is 8.28. The van der Waals surface area contributed by atoms with Gasteiger partial charge in [-0.15, -0.1) is 0 Å². The molecule has 0 fully saturated rings. The van der Waals surface area contributed by atoms with Crippen LogP contribution in [0.25, 0.3) is 0 Å². The van der Waals surface area contributed by atoms with Crippen molar-refractivity contribution >= 4 is 22.1 Å². The topological polar surface area (TPSA) is 0 Å². The summed E-state index contributed by atoms with van der Waals surface area (Å²) >= 11 is -1.18. The van der Waals surface area contributed by atoms with Crippen molar-refractivity contribution in [2.24, 2.45) is 0 Å². The fourth-order valence-corrected chi connectivity index (χ4v) is 3.88. The van der Waals surface area contributed by atoms with Gasteiger partial charge in [-0.1, -0.05) is 30.3 Å². The van der Waals surface area contributed by atoms with Crippen molar-refractivity contribution < 1.29 is 0 Å². The maximum Gasteiger partial charge on any atom is 0.196 e. The normalized spacial score (nSPS) is 11.6. The molecule has 0 saturated carbocycles. The third-order valence-corrected chi connectivity index (χ3v) is 6.59. The lowest BCUT2D eigenvalue weighted by atomic mass is 10.2. The number of benzene rings is 1. The molecule has 0 nitrogen and oxygen atoms in total. The van der Waals surface area contributed by atoms with Crippen LogP contribution in [-0.4, -0.2) is 11.9 Å². The molecule has 0 saturated heterocycles. The maximum absolute atomic E-state index is 2.42. The van der Waals surface area contributed by atoms with E-state index in [1.807, 2.05) is 0 Å². The van der Waals surface area contributed by atoms with Crippen LogP contribution < -0.4 is 0 Å². The molecule has 0 atom stereocenters. The van der Waals surface area contributed by atoms with Crippen LogP contribution in [0.3, 0.4) is 0 Å². The van der Waals surface area contributed by atoms with E-state index in [4.69, 9.17) is 0 Å². The molecule has 0 bridgehead atoms. The lowest BCUT2D eigenvalue weighted by Crippen LogP contribution is -2.13. The van der Waals surface area contributed by atoms with Crippen molar-refractivity contribution in [3.63, 3.8) is 0 Å². The Morgan fingerprint density at radius 1 is 1.08 bits per heavy atom. The van der Waals surface area contributed by atoms with Gasteiger partial charge in [0.25, 0.3) is 0 Å². The molecule has 0 amide bonds. The maximum atomic E-state index is 2.42. The molecule has 2 heteroatoms. The molecule has 0 aliphatic rings. The van der Waals surface area contributed by atoms with E-state index >= 15 is 0 Å². The van der Waals surface area contributed by atoms with Crippen molar-refractivity contribution in [1.82, 2.24) is 0 Å². The van der Waals surface area contributed by atoms with Crippen LogP contribution in [-0.2, 0) is 5.75 Å². The number of hydrogen-bond acceptors (Lipinski definition) is 1. The minimum atomic E-state index is -1.18. The van der Waals surface area contributed by atoms with Gasteiger partial charge in [-0.25, -0.2) is 0 Å². The number of rotatable bonds is 3. The van der Waals surface area contributed by atoms with Crippen LogP contribution in [0.4, 0.5) is 0 Å². The van der Waals surface area contributed by atoms with Crippen LogP contribution in [0.5, 0.6) is 0 Å². The van der Waals surface area contributed by atoms with E-state index in [9.17, 15) is 0 Å². The second-order valence-electron chi connectivity index (χ2n) is 4.24. The van der Waals surface area contributed by atoms with Crippen molar-refractivity contribution in [1.29, 1.82) is 0 Å².